The highest BCUT2D eigenvalue weighted by molar-refractivity contribution is 7.89. The molecule has 2 aromatic rings. The molecule has 7 nitrogen and oxygen atoms in total. The maximum absolute atomic E-state index is 13.0. The minimum Gasteiger partial charge on any atom is -0.322 e. The summed E-state index contributed by atoms with van der Waals surface area (Å²) in [6.07, 6.45) is 7.48. The first kappa shape index (κ1) is 18.9. The Hall–Kier alpha value is -2.45. The van der Waals surface area contributed by atoms with Crippen molar-refractivity contribution in [2.45, 2.75) is 30.6 Å². The van der Waals surface area contributed by atoms with Crippen molar-refractivity contribution in [2.24, 2.45) is 0 Å². The first-order valence-electron chi connectivity index (χ1n) is 9.62. The van der Waals surface area contributed by atoms with Gasteiger partial charge < -0.3 is 10.2 Å². The van der Waals surface area contributed by atoms with E-state index in [1.807, 2.05) is 12.1 Å². The monoisotopic (exact) mass is 400 g/mol. The number of nitrogens with one attached hydrogen (secondary N) is 1. The van der Waals surface area contributed by atoms with Crippen molar-refractivity contribution in [2.75, 3.05) is 31.5 Å². The molecular formula is C20H24N4O3S. The lowest BCUT2D eigenvalue weighted by atomic mass is 9.92. The van der Waals surface area contributed by atoms with Gasteiger partial charge in [0.05, 0.1) is 4.90 Å². The van der Waals surface area contributed by atoms with Crippen LogP contribution in [0.1, 0.15) is 24.0 Å². The molecule has 0 radical (unpaired) electrons. The Balaban J connectivity index is 1.41. The molecule has 8 heteroatoms. The van der Waals surface area contributed by atoms with Crippen LogP contribution in [-0.4, -0.2) is 54.8 Å². The minimum atomic E-state index is -3.54. The molecule has 2 aliphatic rings. The molecule has 1 aromatic carbocycles. The van der Waals surface area contributed by atoms with E-state index in [4.69, 9.17) is 0 Å². The Morgan fingerprint density at radius 2 is 1.61 bits per heavy atom. The number of sulfonamides is 1. The third-order valence-electron chi connectivity index (χ3n) is 5.42. The fourth-order valence-electron chi connectivity index (χ4n) is 3.79. The number of aryl methyl sites for hydroxylation is 2. The highest BCUT2D eigenvalue weighted by atomic mass is 32.2. The summed E-state index contributed by atoms with van der Waals surface area (Å²) in [7, 11) is -3.54. The van der Waals surface area contributed by atoms with Crippen molar-refractivity contribution in [3.8, 4) is 0 Å². The number of piperazine rings is 1. The average Bonchev–Trinajstić information content (AvgIpc) is 2.74. The molecule has 0 unspecified atom stereocenters. The summed E-state index contributed by atoms with van der Waals surface area (Å²) in [6, 6.07) is 8.73. The molecule has 2 heterocycles. The van der Waals surface area contributed by atoms with Gasteiger partial charge in [-0.15, -0.1) is 0 Å². The number of rotatable bonds is 3. The highest BCUT2D eigenvalue weighted by Crippen LogP contribution is 2.26. The summed E-state index contributed by atoms with van der Waals surface area (Å²) in [4.78, 5) is 18.3. The van der Waals surface area contributed by atoms with Gasteiger partial charge in [-0.1, -0.05) is 6.07 Å². The fourth-order valence-corrected chi connectivity index (χ4v) is 5.26. The van der Waals surface area contributed by atoms with Crippen molar-refractivity contribution in [1.29, 1.82) is 0 Å². The average molecular weight is 401 g/mol. The van der Waals surface area contributed by atoms with Crippen LogP contribution in [-0.2, 0) is 22.9 Å². The van der Waals surface area contributed by atoms with Crippen LogP contribution in [0.15, 0.2) is 47.6 Å². The number of carbonyl (C=O) groups is 1. The molecule has 0 bridgehead atoms. The molecule has 0 saturated carbocycles. The lowest BCUT2D eigenvalue weighted by Crippen LogP contribution is -2.51. The quantitative estimate of drug-likeness (QED) is 0.858. The molecule has 1 aromatic heterocycles. The Kier molecular flexibility index (Phi) is 5.32. The SMILES string of the molecule is O=C(Nc1ccncc1)N1CCN(S(=O)(=O)c2ccc3c(c2)CCCC3)CC1. The number of hydrogen-bond acceptors (Lipinski definition) is 4. The number of carbonyl (C=O) groups excluding carboxylic acids is 1. The number of fused-ring (bicyclic) bond motifs is 1. The summed E-state index contributed by atoms with van der Waals surface area (Å²) in [5.41, 5.74) is 3.09. The van der Waals surface area contributed by atoms with Gasteiger partial charge in [0.15, 0.2) is 0 Å². The fraction of sp³-hybridized carbons (Fsp3) is 0.400. The van der Waals surface area contributed by atoms with Crippen molar-refractivity contribution in [3.05, 3.63) is 53.9 Å². The summed E-state index contributed by atoms with van der Waals surface area (Å²) in [6.45, 7) is 1.31. The lowest BCUT2D eigenvalue weighted by molar-refractivity contribution is 0.184. The second kappa shape index (κ2) is 7.89. The third kappa shape index (κ3) is 3.88. The number of hydrogen-bond donors (Lipinski definition) is 1. The Morgan fingerprint density at radius 1 is 0.929 bits per heavy atom. The van der Waals surface area contributed by atoms with Gasteiger partial charge in [-0.25, -0.2) is 13.2 Å². The maximum atomic E-state index is 13.0. The van der Waals surface area contributed by atoms with Gasteiger partial charge >= 0.3 is 6.03 Å². The maximum Gasteiger partial charge on any atom is 0.321 e. The van der Waals surface area contributed by atoms with Crippen LogP contribution >= 0.6 is 0 Å². The molecule has 0 spiro atoms. The van der Waals surface area contributed by atoms with Gasteiger partial charge in [0.1, 0.15) is 0 Å². The number of amides is 2. The zero-order valence-corrected chi connectivity index (χ0v) is 16.5. The van der Waals surface area contributed by atoms with E-state index in [1.54, 1.807) is 35.5 Å². The molecule has 1 N–H and O–H groups in total. The molecule has 1 fully saturated rings. The standard InChI is InChI=1S/C20H24N4O3S/c25-20(22-18-7-9-21-10-8-18)23-11-13-24(14-12-23)28(26,27)19-6-5-16-3-1-2-4-17(16)15-19/h5-10,15H,1-4,11-14H2,(H,21,22,25). The number of aromatic nitrogens is 1. The van der Waals surface area contributed by atoms with E-state index < -0.39 is 10.0 Å². The Morgan fingerprint density at radius 3 is 2.32 bits per heavy atom. The summed E-state index contributed by atoms with van der Waals surface area (Å²) in [5.74, 6) is 0. The van der Waals surface area contributed by atoms with Crippen LogP contribution in [0.25, 0.3) is 0 Å². The summed E-state index contributed by atoms with van der Waals surface area (Å²) in [5, 5.41) is 2.81. The first-order chi connectivity index (χ1) is 13.5. The second-order valence-corrected chi connectivity index (χ2v) is 9.13. The normalized spacial score (nSPS) is 17.8. The molecule has 4 rings (SSSR count). The molecule has 1 saturated heterocycles. The van der Waals surface area contributed by atoms with Gasteiger partial charge in [0.25, 0.3) is 0 Å². The van der Waals surface area contributed by atoms with Crippen molar-refractivity contribution < 1.29 is 13.2 Å². The number of anilines is 1. The van der Waals surface area contributed by atoms with Crippen LogP contribution in [0.2, 0.25) is 0 Å². The van der Waals surface area contributed by atoms with Crippen molar-refractivity contribution in [3.63, 3.8) is 0 Å². The molecule has 1 aliphatic heterocycles. The van der Waals surface area contributed by atoms with E-state index in [9.17, 15) is 13.2 Å². The zero-order chi connectivity index (χ0) is 19.6. The van der Waals surface area contributed by atoms with Gasteiger partial charge in [0, 0.05) is 44.3 Å². The zero-order valence-electron chi connectivity index (χ0n) is 15.7. The highest BCUT2D eigenvalue weighted by Gasteiger charge is 2.30. The molecule has 1 aliphatic carbocycles. The van der Waals surface area contributed by atoms with Gasteiger partial charge in [-0.05, 0) is 61.1 Å². The van der Waals surface area contributed by atoms with Crippen molar-refractivity contribution in [1.82, 2.24) is 14.2 Å². The van der Waals surface area contributed by atoms with Crippen LogP contribution in [0, 0.1) is 0 Å². The number of benzene rings is 1. The smallest absolute Gasteiger partial charge is 0.321 e. The predicted octanol–water partition coefficient (Wildman–Crippen LogP) is 2.50. The molecule has 2 amide bonds. The van der Waals surface area contributed by atoms with Crippen LogP contribution < -0.4 is 5.32 Å². The first-order valence-corrected chi connectivity index (χ1v) is 11.1. The van der Waals surface area contributed by atoms with E-state index in [1.165, 1.54) is 16.3 Å². The van der Waals surface area contributed by atoms with Gasteiger partial charge in [-0.3, -0.25) is 4.98 Å². The third-order valence-corrected chi connectivity index (χ3v) is 7.31. The largest absolute Gasteiger partial charge is 0.322 e. The number of pyridine rings is 1. The van der Waals surface area contributed by atoms with E-state index in [2.05, 4.69) is 10.3 Å². The number of urea groups is 1. The molecular weight excluding hydrogens is 376 g/mol. The Labute approximate surface area is 165 Å². The van der Waals surface area contributed by atoms with Gasteiger partial charge in [0.2, 0.25) is 10.0 Å². The van der Waals surface area contributed by atoms with E-state index in [0.29, 0.717) is 36.8 Å². The van der Waals surface area contributed by atoms with Crippen LogP contribution in [0.3, 0.4) is 0 Å². The molecule has 0 atom stereocenters. The van der Waals surface area contributed by atoms with E-state index in [0.717, 1.165) is 24.8 Å². The number of nitrogens with zero attached hydrogens (tertiary/aromatic N) is 3. The minimum absolute atomic E-state index is 0.225. The molecule has 28 heavy (non-hydrogen) atoms. The molecule has 148 valence electrons. The lowest BCUT2D eigenvalue weighted by Gasteiger charge is -2.34. The van der Waals surface area contributed by atoms with Crippen LogP contribution in [0.5, 0.6) is 0 Å². The second-order valence-electron chi connectivity index (χ2n) is 7.19. The van der Waals surface area contributed by atoms with Crippen LogP contribution in [0.4, 0.5) is 10.5 Å². The van der Waals surface area contributed by atoms with E-state index in [-0.39, 0.29) is 6.03 Å². The Bertz CT molecular complexity index is 955. The predicted molar refractivity (Wildman–Crippen MR) is 107 cm³/mol. The van der Waals surface area contributed by atoms with Crippen molar-refractivity contribution >= 4 is 21.7 Å². The summed E-state index contributed by atoms with van der Waals surface area (Å²) >= 11 is 0. The topological polar surface area (TPSA) is 82.6 Å². The summed E-state index contributed by atoms with van der Waals surface area (Å²) < 4.78 is 27.6. The van der Waals surface area contributed by atoms with E-state index >= 15 is 0 Å². The van der Waals surface area contributed by atoms with Gasteiger partial charge in [-0.2, -0.15) is 4.31 Å².